The number of para-hydroxylation sites is 1. The highest BCUT2D eigenvalue weighted by Crippen LogP contribution is 2.23. The van der Waals surface area contributed by atoms with Crippen molar-refractivity contribution in [3.8, 4) is 5.69 Å². The summed E-state index contributed by atoms with van der Waals surface area (Å²) in [5.74, 6) is 1.02. The van der Waals surface area contributed by atoms with Crippen LogP contribution in [0.15, 0.2) is 24.3 Å². The summed E-state index contributed by atoms with van der Waals surface area (Å²) in [6.45, 7) is 12.5. The van der Waals surface area contributed by atoms with Crippen LogP contribution < -0.4 is 10.6 Å². The van der Waals surface area contributed by atoms with Crippen molar-refractivity contribution in [3.63, 3.8) is 0 Å². The maximum absolute atomic E-state index is 12.7. The molecule has 30 heavy (non-hydrogen) atoms. The fourth-order valence-corrected chi connectivity index (χ4v) is 3.28. The van der Waals surface area contributed by atoms with Crippen molar-refractivity contribution >= 4 is 12.0 Å². The Labute approximate surface area is 178 Å². The smallest absolute Gasteiger partial charge is 0.407 e. The van der Waals surface area contributed by atoms with E-state index in [4.69, 9.17) is 4.74 Å². The van der Waals surface area contributed by atoms with Crippen LogP contribution in [0.3, 0.4) is 0 Å². The lowest BCUT2D eigenvalue weighted by Gasteiger charge is -2.20. The van der Waals surface area contributed by atoms with Crippen LogP contribution in [0, 0.1) is 12.8 Å². The summed E-state index contributed by atoms with van der Waals surface area (Å²) in [4.78, 5) is 28.8. The third kappa shape index (κ3) is 6.30. The van der Waals surface area contributed by atoms with Crippen molar-refractivity contribution < 1.29 is 14.3 Å². The van der Waals surface area contributed by atoms with E-state index in [0.29, 0.717) is 30.7 Å². The molecule has 0 radical (unpaired) electrons. The maximum Gasteiger partial charge on any atom is 0.407 e. The van der Waals surface area contributed by atoms with Gasteiger partial charge in [-0.2, -0.15) is 0 Å². The van der Waals surface area contributed by atoms with Crippen molar-refractivity contribution in [2.45, 2.75) is 59.9 Å². The second-order valence-electron chi connectivity index (χ2n) is 8.01. The van der Waals surface area contributed by atoms with Crippen LogP contribution >= 0.6 is 0 Å². The number of aryl methyl sites for hydroxylation is 1. The first-order valence-corrected chi connectivity index (χ1v) is 10.5. The Morgan fingerprint density at radius 1 is 1.17 bits per heavy atom. The lowest BCUT2D eigenvalue weighted by atomic mass is 10.0. The molecule has 0 spiro atoms. The molecule has 2 aromatic rings. The summed E-state index contributed by atoms with van der Waals surface area (Å²) in [6.07, 6.45) is 0.225. The number of ether oxygens (including phenoxy) is 1. The highest BCUT2D eigenvalue weighted by Gasteiger charge is 2.20. The molecule has 2 N–H and O–H groups in total. The minimum Gasteiger partial charge on any atom is -0.450 e. The van der Waals surface area contributed by atoms with Gasteiger partial charge in [-0.25, -0.2) is 14.5 Å². The molecule has 2 rings (SSSR count). The van der Waals surface area contributed by atoms with Crippen LogP contribution in [-0.4, -0.2) is 46.0 Å². The molecule has 0 aliphatic carbocycles. The van der Waals surface area contributed by atoms with E-state index in [1.54, 1.807) is 11.6 Å². The van der Waals surface area contributed by atoms with E-state index >= 15 is 0 Å². The van der Waals surface area contributed by atoms with Crippen molar-refractivity contribution in [1.29, 1.82) is 0 Å². The van der Waals surface area contributed by atoms with E-state index in [2.05, 4.69) is 54.5 Å². The minimum atomic E-state index is -0.485. The first-order chi connectivity index (χ1) is 14.2. The van der Waals surface area contributed by atoms with E-state index in [1.165, 1.54) is 0 Å². The fourth-order valence-electron chi connectivity index (χ4n) is 3.28. The van der Waals surface area contributed by atoms with Gasteiger partial charge in [0, 0.05) is 12.6 Å². The standard InChI is InChI=1S/C22H33N5O3/c1-7-30-22(29)25-17(12-14(2)3)13-23-21(28)20-24-16(6)27(26-20)19-11-9-8-10-18(19)15(4)5/h8-11,14-15,17H,7,12-13H2,1-6H3,(H,23,28)(H,25,29). The highest BCUT2D eigenvalue weighted by molar-refractivity contribution is 5.90. The normalized spacial score (nSPS) is 12.1. The Kier molecular flexibility index (Phi) is 8.38. The Bertz CT molecular complexity index is 860. The number of rotatable bonds is 9. The van der Waals surface area contributed by atoms with Gasteiger partial charge in [-0.3, -0.25) is 4.79 Å². The van der Waals surface area contributed by atoms with E-state index in [9.17, 15) is 9.59 Å². The summed E-state index contributed by atoms with van der Waals surface area (Å²) in [6, 6.07) is 7.72. The Balaban J connectivity index is 2.12. The summed E-state index contributed by atoms with van der Waals surface area (Å²) in [5.41, 5.74) is 2.05. The monoisotopic (exact) mass is 415 g/mol. The molecular formula is C22H33N5O3. The number of hydrogen-bond donors (Lipinski definition) is 2. The predicted octanol–water partition coefficient (Wildman–Crippen LogP) is 3.59. The van der Waals surface area contributed by atoms with Crippen molar-refractivity contribution in [2.75, 3.05) is 13.2 Å². The minimum absolute atomic E-state index is 0.102. The lowest BCUT2D eigenvalue weighted by molar-refractivity contribution is 0.0934. The van der Waals surface area contributed by atoms with Gasteiger partial charge in [0.25, 0.3) is 5.91 Å². The van der Waals surface area contributed by atoms with Crippen LogP contribution in [-0.2, 0) is 4.74 Å². The molecule has 1 aromatic heterocycles. The molecule has 0 aliphatic heterocycles. The number of carbonyl (C=O) groups is 2. The third-order valence-electron chi connectivity index (χ3n) is 4.62. The second-order valence-corrected chi connectivity index (χ2v) is 8.01. The molecule has 0 aliphatic rings. The molecular weight excluding hydrogens is 382 g/mol. The van der Waals surface area contributed by atoms with Gasteiger partial charge in [0.15, 0.2) is 0 Å². The topological polar surface area (TPSA) is 98.1 Å². The van der Waals surface area contributed by atoms with Crippen molar-refractivity contribution in [3.05, 3.63) is 41.5 Å². The number of carbonyl (C=O) groups excluding carboxylic acids is 2. The molecule has 8 nitrogen and oxygen atoms in total. The number of alkyl carbamates (subject to hydrolysis) is 1. The lowest BCUT2D eigenvalue weighted by Crippen LogP contribution is -2.44. The largest absolute Gasteiger partial charge is 0.450 e. The summed E-state index contributed by atoms with van der Waals surface area (Å²) in [7, 11) is 0. The van der Waals surface area contributed by atoms with Gasteiger partial charge < -0.3 is 15.4 Å². The van der Waals surface area contributed by atoms with Gasteiger partial charge in [-0.15, -0.1) is 5.10 Å². The second kappa shape index (κ2) is 10.8. The molecule has 1 atom stereocenters. The van der Waals surface area contributed by atoms with Gasteiger partial charge in [0.1, 0.15) is 5.82 Å². The molecule has 0 saturated heterocycles. The number of hydrogen-bond acceptors (Lipinski definition) is 5. The fraction of sp³-hybridized carbons (Fsp3) is 0.545. The zero-order valence-electron chi connectivity index (χ0n) is 18.7. The zero-order chi connectivity index (χ0) is 22.3. The van der Waals surface area contributed by atoms with Crippen LogP contribution in [0.2, 0.25) is 0 Å². The molecule has 164 valence electrons. The van der Waals surface area contributed by atoms with Gasteiger partial charge >= 0.3 is 6.09 Å². The van der Waals surface area contributed by atoms with Crippen molar-refractivity contribution in [1.82, 2.24) is 25.4 Å². The molecule has 1 aromatic carbocycles. The first-order valence-electron chi connectivity index (χ1n) is 10.5. The predicted molar refractivity (Wildman–Crippen MR) is 116 cm³/mol. The number of nitrogens with zero attached hydrogens (tertiary/aromatic N) is 3. The summed E-state index contributed by atoms with van der Waals surface area (Å²) >= 11 is 0. The number of nitrogens with one attached hydrogen (secondary N) is 2. The third-order valence-corrected chi connectivity index (χ3v) is 4.62. The highest BCUT2D eigenvalue weighted by atomic mass is 16.5. The molecule has 0 fully saturated rings. The maximum atomic E-state index is 12.7. The van der Waals surface area contributed by atoms with Gasteiger partial charge in [-0.05, 0) is 43.7 Å². The zero-order valence-corrected chi connectivity index (χ0v) is 18.7. The first kappa shape index (κ1) is 23.4. The summed E-state index contributed by atoms with van der Waals surface area (Å²) < 4.78 is 6.65. The van der Waals surface area contributed by atoms with E-state index in [1.807, 2.05) is 25.1 Å². The average molecular weight is 416 g/mol. The van der Waals surface area contributed by atoms with Gasteiger partial charge in [-0.1, -0.05) is 45.9 Å². The number of aromatic nitrogens is 3. The molecule has 0 bridgehead atoms. The average Bonchev–Trinajstić information content (AvgIpc) is 3.07. The molecule has 2 amide bonds. The molecule has 0 saturated carbocycles. The van der Waals surface area contributed by atoms with Crippen LogP contribution in [0.4, 0.5) is 4.79 Å². The van der Waals surface area contributed by atoms with Crippen LogP contribution in [0.1, 0.15) is 69.0 Å². The van der Waals surface area contributed by atoms with Crippen LogP contribution in [0.5, 0.6) is 0 Å². The van der Waals surface area contributed by atoms with E-state index < -0.39 is 6.09 Å². The van der Waals surface area contributed by atoms with Crippen molar-refractivity contribution in [2.24, 2.45) is 5.92 Å². The number of amides is 2. The van der Waals surface area contributed by atoms with Gasteiger partial charge in [0.2, 0.25) is 5.82 Å². The molecule has 1 heterocycles. The van der Waals surface area contributed by atoms with E-state index in [0.717, 1.165) is 11.3 Å². The Morgan fingerprint density at radius 3 is 2.50 bits per heavy atom. The Morgan fingerprint density at radius 2 is 1.87 bits per heavy atom. The number of benzene rings is 1. The van der Waals surface area contributed by atoms with Crippen LogP contribution in [0.25, 0.3) is 5.69 Å². The van der Waals surface area contributed by atoms with E-state index in [-0.39, 0.29) is 24.3 Å². The van der Waals surface area contributed by atoms with Gasteiger partial charge in [0.05, 0.1) is 12.3 Å². The SMILES string of the molecule is CCOC(=O)NC(CNC(=O)c1nc(C)n(-c2ccccc2C(C)C)n1)CC(C)C. The quantitative estimate of drug-likeness (QED) is 0.652. The molecule has 8 heteroatoms. The summed E-state index contributed by atoms with van der Waals surface area (Å²) in [5, 5.41) is 10.1. The Hall–Kier alpha value is -2.90. The molecule has 1 unspecified atom stereocenters.